The van der Waals surface area contributed by atoms with E-state index in [4.69, 9.17) is 16.3 Å². The summed E-state index contributed by atoms with van der Waals surface area (Å²) in [7, 11) is -2.90. The van der Waals surface area contributed by atoms with Crippen LogP contribution in [-0.4, -0.2) is 50.4 Å². The molecule has 2 fully saturated rings. The molecule has 2 heterocycles. The van der Waals surface area contributed by atoms with Gasteiger partial charge in [0.25, 0.3) is 5.91 Å². The van der Waals surface area contributed by atoms with Gasteiger partial charge in [-0.1, -0.05) is 11.6 Å². The molecular formula is C15H18ClNO4S. The van der Waals surface area contributed by atoms with Crippen LogP contribution in [0.3, 0.4) is 0 Å². The molecule has 22 heavy (non-hydrogen) atoms. The van der Waals surface area contributed by atoms with E-state index >= 15 is 0 Å². The van der Waals surface area contributed by atoms with Crippen LogP contribution >= 0.6 is 11.6 Å². The van der Waals surface area contributed by atoms with Crippen LogP contribution < -0.4 is 4.74 Å². The molecule has 0 unspecified atom stereocenters. The maximum atomic E-state index is 12.2. The topological polar surface area (TPSA) is 63.7 Å². The number of hydrogen-bond donors (Lipinski definition) is 0. The third-order valence-electron chi connectivity index (χ3n) is 4.36. The monoisotopic (exact) mass is 343 g/mol. The summed E-state index contributed by atoms with van der Waals surface area (Å²) in [6, 6.07) is 5.26. The number of ether oxygens (including phenoxy) is 1. The number of benzene rings is 1. The highest BCUT2D eigenvalue weighted by Crippen LogP contribution is 2.32. The van der Waals surface area contributed by atoms with E-state index in [1.807, 2.05) is 6.92 Å². The first-order chi connectivity index (χ1) is 10.3. The van der Waals surface area contributed by atoms with Crippen LogP contribution in [0.2, 0.25) is 5.02 Å². The number of carbonyl (C=O) groups is 1. The summed E-state index contributed by atoms with van der Waals surface area (Å²) in [6.45, 7) is 2.88. The zero-order chi connectivity index (χ0) is 15.9. The lowest BCUT2D eigenvalue weighted by Crippen LogP contribution is -2.34. The lowest BCUT2D eigenvalue weighted by molar-refractivity contribution is -0.132. The molecule has 0 N–H and O–H groups in total. The molecule has 1 amide bonds. The molecule has 1 aromatic carbocycles. The van der Waals surface area contributed by atoms with Gasteiger partial charge in [-0.2, -0.15) is 0 Å². The number of hydrogen-bond acceptors (Lipinski definition) is 4. The normalized spacial score (nSPS) is 26.0. The molecule has 0 spiro atoms. The van der Waals surface area contributed by atoms with Crippen LogP contribution in [0.1, 0.15) is 5.56 Å². The van der Waals surface area contributed by atoms with Crippen LogP contribution in [0.25, 0.3) is 0 Å². The molecule has 2 aliphatic rings. The van der Waals surface area contributed by atoms with Crippen molar-refractivity contribution in [2.75, 3.05) is 31.2 Å². The highest BCUT2D eigenvalue weighted by Gasteiger charge is 2.44. The quantitative estimate of drug-likeness (QED) is 0.835. The standard InChI is InChI=1S/C15H18ClNO4S/c1-10-4-13(2-3-14(10)16)21-7-15(18)17-5-11-8-22(19,20)9-12(11)6-17/h2-4,11-12H,5-9H2,1H3/t11-,12+. The Morgan fingerprint density at radius 3 is 2.55 bits per heavy atom. The number of likely N-dealkylation sites (tertiary alicyclic amines) is 1. The van der Waals surface area contributed by atoms with E-state index in [2.05, 4.69) is 0 Å². The molecule has 2 atom stereocenters. The van der Waals surface area contributed by atoms with Gasteiger partial charge in [-0.3, -0.25) is 4.79 Å². The number of carbonyl (C=O) groups excluding carboxylic acids is 1. The van der Waals surface area contributed by atoms with Crippen LogP contribution in [-0.2, 0) is 14.6 Å². The average Bonchev–Trinajstić information content (AvgIpc) is 2.93. The highest BCUT2D eigenvalue weighted by atomic mass is 35.5. The predicted molar refractivity (Wildman–Crippen MR) is 83.9 cm³/mol. The molecular weight excluding hydrogens is 326 g/mol. The molecule has 120 valence electrons. The minimum absolute atomic E-state index is 0.0345. The Hall–Kier alpha value is -1.27. The zero-order valence-electron chi connectivity index (χ0n) is 12.3. The summed E-state index contributed by atoms with van der Waals surface area (Å²) < 4.78 is 28.6. The number of nitrogens with zero attached hydrogens (tertiary/aromatic N) is 1. The third kappa shape index (κ3) is 3.22. The van der Waals surface area contributed by atoms with Crippen molar-refractivity contribution in [1.82, 2.24) is 4.90 Å². The van der Waals surface area contributed by atoms with Gasteiger partial charge in [0.05, 0.1) is 11.5 Å². The number of amides is 1. The van der Waals surface area contributed by atoms with Gasteiger partial charge in [0.15, 0.2) is 16.4 Å². The Kier molecular flexibility index (Phi) is 4.07. The molecule has 5 nitrogen and oxygen atoms in total. The minimum atomic E-state index is -2.90. The summed E-state index contributed by atoms with van der Waals surface area (Å²) in [6.07, 6.45) is 0. The first kappa shape index (κ1) is 15.6. The van der Waals surface area contributed by atoms with E-state index in [0.717, 1.165) is 5.56 Å². The molecule has 0 aliphatic carbocycles. The fourth-order valence-corrected chi connectivity index (χ4v) is 5.50. The summed E-state index contributed by atoms with van der Waals surface area (Å²) >= 11 is 5.94. The number of fused-ring (bicyclic) bond motifs is 1. The highest BCUT2D eigenvalue weighted by molar-refractivity contribution is 7.91. The van der Waals surface area contributed by atoms with Crippen molar-refractivity contribution in [3.05, 3.63) is 28.8 Å². The minimum Gasteiger partial charge on any atom is -0.484 e. The van der Waals surface area contributed by atoms with E-state index in [0.29, 0.717) is 23.9 Å². The molecule has 2 saturated heterocycles. The van der Waals surface area contributed by atoms with Gasteiger partial charge in [-0.25, -0.2) is 8.42 Å². The second kappa shape index (κ2) is 5.74. The Labute approximate surface area is 135 Å². The first-order valence-corrected chi connectivity index (χ1v) is 9.41. The van der Waals surface area contributed by atoms with Crippen molar-refractivity contribution in [3.63, 3.8) is 0 Å². The summed E-state index contributed by atoms with van der Waals surface area (Å²) in [4.78, 5) is 13.9. The van der Waals surface area contributed by atoms with Crippen LogP contribution in [0, 0.1) is 18.8 Å². The smallest absolute Gasteiger partial charge is 0.260 e. The van der Waals surface area contributed by atoms with Gasteiger partial charge in [0, 0.05) is 18.1 Å². The van der Waals surface area contributed by atoms with E-state index in [-0.39, 0.29) is 35.9 Å². The summed E-state index contributed by atoms with van der Waals surface area (Å²) in [5.41, 5.74) is 0.896. The predicted octanol–water partition coefficient (Wildman–Crippen LogP) is 1.53. The Morgan fingerprint density at radius 2 is 1.95 bits per heavy atom. The molecule has 0 radical (unpaired) electrons. The second-order valence-corrected chi connectivity index (χ2v) is 8.66. The third-order valence-corrected chi connectivity index (χ3v) is 6.65. The van der Waals surface area contributed by atoms with E-state index in [9.17, 15) is 13.2 Å². The number of halogens is 1. The van der Waals surface area contributed by atoms with Crippen molar-refractivity contribution in [2.45, 2.75) is 6.92 Å². The Morgan fingerprint density at radius 1 is 1.32 bits per heavy atom. The van der Waals surface area contributed by atoms with Crippen molar-refractivity contribution >= 4 is 27.3 Å². The molecule has 0 bridgehead atoms. The molecule has 1 aromatic rings. The zero-order valence-corrected chi connectivity index (χ0v) is 13.9. The van der Waals surface area contributed by atoms with E-state index in [1.165, 1.54) is 0 Å². The maximum Gasteiger partial charge on any atom is 0.260 e. The maximum absolute atomic E-state index is 12.2. The number of aryl methyl sites for hydroxylation is 1. The van der Waals surface area contributed by atoms with Crippen molar-refractivity contribution < 1.29 is 17.9 Å². The fraction of sp³-hybridized carbons (Fsp3) is 0.533. The average molecular weight is 344 g/mol. The van der Waals surface area contributed by atoms with Crippen molar-refractivity contribution in [3.8, 4) is 5.75 Å². The molecule has 0 aromatic heterocycles. The molecule has 7 heteroatoms. The lowest BCUT2D eigenvalue weighted by atomic mass is 10.0. The molecule has 0 saturated carbocycles. The van der Waals surface area contributed by atoms with Gasteiger partial charge in [-0.05, 0) is 42.5 Å². The lowest BCUT2D eigenvalue weighted by Gasteiger charge is -2.17. The first-order valence-electron chi connectivity index (χ1n) is 7.21. The number of rotatable bonds is 3. The second-order valence-electron chi connectivity index (χ2n) is 6.10. The van der Waals surface area contributed by atoms with Gasteiger partial charge < -0.3 is 9.64 Å². The van der Waals surface area contributed by atoms with Crippen LogP contribution in [0.15, 0.2) is 18.2 Å². The summed E-state index contributed by atoms with van der Waals surface area (Å²) in [5, 5.41) is 0.659. The van der Waals surface area contributed by atoms with E-state index in [1.54, 1.807) is 23.1 Å². The van der Waals surface area contributed by atoms with Gasteiger partial charge >= 0.3 is 0 Å². The summed E-state index contributed by atoms with van der Waals surface area (Å²) in [5.74, 6) is 1.10. The Bertz CT molecular complexity index is 683. The largest absolute Gasteiger partial charge is 0.484 e. The molecule has 2 aliphatic heterocycles. The SMILES string of the molecule is Cc1cc(OCC(=O)N2C[C@@H]3CS(=O)(=O)C[C@@H]3C2)ccc1Cl. The van der Waals surface area contributed by atoms with Gasteiger partial charge in [-0.15, -0.1) is 0 Å². The van der Waals surface area contributed by atoms with Crippen molar-refractivity contribution in [2.24, 2.45) is 11.8 Å². The van der Waals surface area contributed by atoms with Gasteiger partial charge in [0.1, 0.15) is 5.75 Å². The Balaban J connectivity index is 1.54. The van der Waals surface area contributed by atoms with E-state index < -0.39 is 9.84 Å². The number of sulfone groups is 1. The van der Waals surface area contributed by atoms with Crippen LogP contribution in [0.4, 0.5) is 0 Å². The fourth-order valence-electron chi connectivity index (χ4n) is 3.18. The van der Waals surface area contributed by atoms with Crippen LogP contribution in [0.5, 0.6) is 5.75 Å². The van der Waals surface area contributed by atoms with Crippen molar-refractivity contribution in [1.29, 1.82) is 0 Å². The molecule has 3 rings (SSSR count). The van der Waals surface area contributed by atoms with Gasteiger partial charge in [0.2, 0.25) is 0 Å².